The Hall–Kier alpha value is -4.10. The molecule has 0 saturated carbocycles. The maximum absolute atomic E-state index is 13.8. The lowest BCUT2D eigenvalue weighted by atomic mass is 10.2. The molecule has 13 nitrogen and oxygen atoms in total. The smallest absolute Gasteiger partial charge is 0.419 e. The first-order valence-corrected chi connectivity index (χ1v) is 14.2. The normalized spacial score (nSPS) is 16.2. The Morgan fingerprint density at radius 2 is 1.77 bits per heavy atom. The molecule has 1 aliphatic heterocycles. The van der Waals surface area contributed by atoms with E-state index in [2.05, 4.69) is 9.97 Å². The van der Waals surface area contributed by atoms with Crippen molar-refractivity contribution in [1.82, 2.24) is 28.6 Å². The predicted molar refractivity (Wildman–Crippen MR) is 160 cm³/mol. The van der Waals surface area contributed by atoms with Crippen molar-refractivity contribution in [1.29, 1.82) is 0 Å². The summed E-state index contributed by atoms with van der Waals surface area (Å²) in [7, 11) is 1.49. The maximum atomic E-state index is 13.8. The van der Waals surface area contributed by atoms with Gasteiger partial charge in [0.2, 0.25) is 0 Å². The number of amides is 1. The molecule has 3 aromatic heterocycles. The molecule has 1 unspecified atom stereocenters. The minimum absolute atomic E-state index is 0.0600. The van der Waals surface area contributed by atoms with Crippen molar-refractivity contribution in [2.24, 2.45) is 7.05 Å². The lowest BCUT2D eigenvalue weighted by Crippen LogP contribution is -2.46. The van der Waals surface area contributed by atoms with E-state index >= 15 is 0 Å². The molecule has 14 heteroatoms. The van der Waals surface area contributed by atoms with Gasteiger partial charge >= 0.3 is 17.9 Å². The summed E-state index contributed by atoms with van der Waals surface area (Å²) in [6.07, 6.45) is -1.21. The van der Waals surface area contributed by atoms with Crippen molar-refractivity contribution in [2.45, 2.75) is 65.3 Å². The van der Waals surface area contributed by atoms with Gasteiger partial charge in [-0.3, -0.25) is 18.8 Å². The summed E-state index contributed by atoms with van der Waals surface area (Å²) in [5.74, 6) is 0.278. The van der Waals surface area contributed by atoms with E-state index in [1.54, 1.807) is 65.8 Å². The van der Waals surface area contributed by atoms with Crippen molar-refractivity contribution in [3.05, 3.63) is 61.6 Å². The first-order chi connectivity index (χ1) is 20.1. The fourth-order valence-electron chi connectivity index (χ4n) is 4.98. The van der Waals surface area contributed by atoms with E-state index in [1.807, 2.05) is 0 Å². The van der Waals surface area contributed by atoms with E-state index in [9.17, 15) is 19.2 Å². The van der Waals surface area contributed by atoms with Gasteiger partial charge in [0.1, 0.15) is 28.6 Å². The highest BCUT2D eigenvalue weighted by Crippen LogP contribution is 2.29. The number of H-pyrrole nitrogens is 1. The number of benzene rings is 1. The summed E-state index contributed by atoms with van der Waals surface area (Å²) in [5.41, 5.74) is -1.82. The molecule has 0 bridgehead atoms. The monoisotopic (exact) mass is 614 g/mol. The second kappa shape index (κ2) is 10.9. The molecule has 1 fully saturated rings. The molecule has 43 heavy (non-hydrogen) atoms. The molecule has 4 aromatic rings. The van der Waals surface area contributed by atoms with E-state index < -0.39 is 40.7 Å². The highest BCUT2D eigenvalue weighted by atomic mass is 35.5. The van der Waals surface area contributed by atoms with Gasteiger partial charge in [0.05, 0.1) is 31.0 Å². The minimum atomic E-state index is -0.794. The van der Waals surface area contributed by atoms with E-state index in [-0.39, 0.29) is 36.7 Å². The number of aromatic amines is 1. The van der Waals surface area contributed by atoms with E-state index in [0.29, 0.717) is 28.2 Å². The lowest BCUT2D eigenvalue weighted by Gasteiger charge is -2.35. The van der Waals surface area contributed by atoms with E-state index in [4.69, 9.17) is 25.8 Å². The quantitative estimate of drug-likeness (QED) is 0.362. The van der Waals surface area contributed by atoms with Gasteiger partial charge in [-0.25, -0.2) is 23.9 Å². The Morgan fingerprint density at radius 3 is 2.44 bits per heavy atom. The van der Waals surface area contributed by atoms with Crippen LogP contribution in [-0.4, -0.2) is 71.7 Å². The molecular formula is C29H35ClN6O7. The van der Waals surface area contributed by atoms with Crippen LogP contribution < -0.4 is 11.2 Å². The van der Waals surface area contributed by atoms with Crippen LogP contribution in [0.2, 0.25) is 5.02 Å². The number of hydrogen-bond donors (Lipinski definition) is 1. The number of ether oxygens (including phenoxy) is 3. The second-order valence-electron chi connectivity index (χ2n) is 12.4. The van der Waals surface area contributed by atoms with E-state index in [0.717, 1.165) is 4.57 Å². The third-order valence-electron chi connectivity index (χ3n) is 6.83. The van der Waals surface area contributed by atoms with Crippen molar-refractivity contribution >= 4 is 45.9 Å². The average molecular weight is 615 g/mol. The average Bonchev–Trinajstić information content (AvgIpc) is 3.51. The molecule has 5 rings (SSSR count). The van der Waals surface area contributed by atoms with Gasteiger partial charge in [-0.1, -0.05) is 17.7 Å². The summed E-state index contributed by atoms with van der Waals surface area (Å²) in [6, 6.07) is 6.09. The molecule has 230 valence electrons. The minimum Gasteiger partial charge on any atom is -0.444 e. The van der Waals surface area contributed by atoms with Crippen molar-refractivity contribution < 1.29 is 23.8 Å². The largest absolute Gasteiger partial charge is 0.444 e. The van der Waals surface area contributed by atoms with Crippen LogP contribution in [0.25, 0.3) is 22.1 Å². The lowest BCUT2D eigenvalue weighted by molar-refractivity contribution is -0.0348. The summed E-state index contributed by atoms with van der Waals surface area (Å²) >= 11 is 6.43. The summed E-state index contributed by atoms with van der Waals surface area (Å²) in [5, 5.41) is 0.971. The Kier molecular flexibility index (Phi) is 7.68. The molecule has 1 atom stereocenters. The van der Waals surface area contributed by atoms with Crippen molar-refractivity contribution in [2.75, 3.05) is 19.8 Å². The van der Waals surface area contributed by atoms with Crippen molar-refractivity contribution in [3.8, 4) is 0 Å². The third kappa shape index (κ3) is 5.91. The van der Waals surface area contributed by atoms with E-state index in [1.165, 1.54) is 21.1 Å². The Bertz CT molecular complexity index is 1850. The van der Waals surface area contributed by atoms with Crippen LogP contribution in [0.15, 0.2) is 33.9 Å². The van der Waals surface area contributed by atoms with Crippen LogP contribution in [0.4, 0.5) is 9.59 Å². The number of rotatable bonds is 3. The number of nitrogens with one attached hydrogen (secondary N) is 1. The number of aryl methyl sites for hydroxylation is 1. The van der Waals surface area contributed by atoms with Crippen LogP contribution in [0, 0.1) is 0 Å². The standard InChI is InChI=1S/C29H35ClN6O7/c1-28(2,3)42-26(39)34-11-12-41-15-20(34)22-31-21-23(32-22)33(7)25(38)35(24(21)37)14-16-13-17-18(30)9-8-10-19(17)36(16)27(40)43-29(4,5)6/h8-10,13,20H,11-12,14-15H2,1-7H3,(H,31,32). The van der Waals surface area contributed by atoms with Gasteiger partial charge in [0.25, 0.3) is 5.56 Å². The summed E-state index contributed by atoms with van der Waals surface area (Å²) in [6.45, 7) is 11.0. The fourth-order valence-corrected chi connectivity index (χ4v) is 5.21. The molecule has 1 amide bonds. The number of hydrogen-bond acceptors (Lipinski definition) is 8. The second-order valence-corrected chi connectivity index (χ2v) is 12.8. The molecule has 1 aliphatic rings. The summed E-state index contributed by atoms with van der Waals surface area (Å²) in [4.78, 5) is 62.6. The highest BCUT2D eigenvalue weighted by Gasteiger charge is 2.35. The molecule has 0 spiro atoms. The predicted octanol–water partition coefficient (Wildman–Crippen LogP) is 4.17. The zero-order valence-electron chi connectivity index (χ0n) is 25.2. The molecule has 1 saturated heterocycles. The number of carbonyl (C=O) groups excluding carboxylic acids is 2. The molecule has 4 heterocycles. The molecule has 1 N–H and O–H groups in total. The number of nitrogens with zero attached hydrogens (tertiary/aromatic N) is 5. The number of fused-ring (bicyclic) bond motifs is 2. The van der Waals surface area contributed by atoms with Crippen LogP contribution in [0.3, 0.4) is 0 Å². The zero-order valence-corrected chi connectivity index (χ0v) is 25.9. The van der Waals surface area contributed by atoms with Gasteiger partial charge in [-0.15, -0.1) is 0 Å². The third-order valence-corrected chi connectivity index (χ3v) is 7.16. The first kappa shape index (κ1) is 30.4. The number of carbonyl (C=O) groups is 2. The number of aromatic nitrogens is 5. The molecule has 0 radical (unpaired) electrons. The van der Waals surface area contributed by atoms with Crippen LogP contribution >= 0.6 is 11.6 Å². The Balaban J connectivity index is 1.59. The molecule has 1 aromatic carbocycles. The van der Waals surface area contributed by atoms with Gasteiger partial charge < -0.3 is 19.2 Å². The number of halogens is 1. The Labute approximate surface area is 251 Å². The van der Waals surface area contributed by atoms with Crippen molar-refractivity contribution in [3.63, 3.8) is 0 Å². The van der Waals surface area contributed by atoms with Gasteiger partial charge in [-0.2, -0.15) is 0 Å². The topological polar surface area (TPSA) is 143 Å². The maximum Gasteiger partial charge on any atom is 0.419 e. The first-order valence-electron chi connectivity index (χ1n) is 13.8. The molecular weight excluding hydrogens is 580 g/mol. The van der Waals surface area contributed by atoms with Gasteiger partial charge in [0.15, 0.2) is 5.65 Å². The number of imidazole rings is 1. The summed E-state index contributed by atoms with van der Waals surface area (Å²) < 4.78 is 20.4. The zero-order chi connectivity index (χ0) is 31.4. The van der Waals surface area contributed by atoms with Gasteiger partial charge in [-0.05, 0) is 59.7 Å². The fraction of sp³-hybridized carbons (Fsp3) is 0.483. The Morgan fingerprint density at radius 1 is 1.09 bits per heavy atom. The van der Waals surface area contributed by atoms with Gasteiger partial charge in [0, 0.05) is 24.0 Å². The van der Waals surface area contributed by atoms with Crippen LogP contribution in [-0.2, 0) is 27.8 Å². The highest BCUT2D eigenvalue weighted by molar-refractivity contribution is 6.35. The number of morpholine rings is 1. The van der Waals surface area contributed by atoms with Crippen LogP contribution in [0.1, 0.15) is 59.1 Å². The molecule has 0 aliphatic carbocycles. The van der Waals surface area contributed by atoms with Crippen LogP contribution in [0.5, 0.6) is 0 Å². The SMILES string of the molecule is Cn1c(=O)n(Cc2cc3c(Cl)cccc3n2C(=O)OC(C)(C)C)c(=O)c2[nH]c(C3COCCN3C(=O)OC(C)(C)C)nc21.